The van der Waals surface area contributed by atoms with Crippen molar-refractivity contribution in [1.29, 1.82) is 0 Å². The molecule has 0 heterocycles. The first-order valence-electron chi connectivity index (χ1n) is 4.86. The van der Waals surface area contributed by atoms with Crippen molar-refractivity contribution < 1.29 is 9.66 Å². The Balaban J connectivity index is 2.69. The van der Waals surface area contributed by atoms with E-state index < -0.39 is 6.04 Å². The third-order valence-electron chi connectivity index (χ3n) is 2.37. The minimum atomic E-state index is -0.588. The molecular weight excluding hydrogens is 194 g/mol. The van der Waals surface area contributed by atoms with Gasteiger partial charge in [-0.3, -0.25) is 10.1 Å². The molecule has 0 spiro atoms. The van der Waals surface area contributed by atoms with Crippen molar-refractivity contribution in [2.45, 2.75) is 25.5 Å². The van der Waals surface area contributed by atoms with Crippen molar-refractivity contribution in [3.8, 4) is 0 Å². The molecular formula is C11H15NO3. The molecule has 0 unspecified atom stereocenters. The first-order valence-corrected chi connectivity index (χ1v) is 4.86. The Morgan fingerprint density at radius 2 is 2.00 bits per heavy atom. The number of nitrogens with zero attached hydrogens (tertiary/aromatic N) is 1. The summed E-state index contributed by atoms with van der Waals surface area (Å²) in [6.07, 6.45) is 0.194. The van der Waals surface area contributed by atoms with Gasteiger partial charge in [-0.25, -0.2) is 0 Å². The summed E-state index contributed by atoms with van der Waals surface area (Å²) in [7, 11) is 1.57. The summed E-state index contributed by atoms with van der Waals surface area (Å²) in [5.74, 6) is 0. The molecule has 0 aliphatic carbocycles. The van der Waals surface area contributed by atoms with Gasteiger partial charge in [-0.2, -0.15) is 0 Å². The SMILES string of the molecule is CO[C@@H](C[C@H](C)[N+](=O)[O-])c1ccccc1. The summed E-state index contributed by atoms with van der Waals surface area (Å²) in [4.78, 5) is 10.2. The van der Waals surface area contributed by atoms with Gasteiger partial charge in [0, 0.05) is 25.4 Å². The molecule has 0 bridgehead atoms. The summed E-state index contributed by atoms with van der Waals surface area (Å²) < 4.78 is 5.25. The Morgan fingerprint density at radius 3 is 2.47 bits per heavy atom. The largest absolute Gasteiger partial charge is 0.376 e. The van der Waals surface area contributed by atoms with E-state index in [1.54, 1.807) is 14.0 Å². The van der Waals surface area contributed by atoms with Gasteiger partial charge in [-0.1, -0.05) is 30.3 Å². The number of hydrogen-bond acceptors (Lipinski definition) is 3. The van der Waals surface area contributed by atoms with E-state index in [1.807, 2.05) is 30.3 Å². The van der Waals surface area contributed by atoms with Crippen LogP contribution in [0.4, 0.5) is 0 Å². The van der Waals surface area contributed by atoms with Crippen LogP contribution in [0.3, 0.4) is 0 Å². The lowest BCUT2D eigenvalue weighted by atomic mass is 10.0. The molecule has 1 rings (SSSR count). The van der Waals surface area contributed by atoms with Crippen LogP contribution in [0.2, 0.25) is 0 Å². The summed E-state index contributed by atoms with van der Waals surface area (Å²) in [6.45, 7) is 1.59. The molecule has 0 saturated carbocycles. The van der Waals surface area contributed by atoms with Gasteiger partial charge in [-0.15, -0.1) is 0 Å². The highest BCUT2D eigenvalue weighted by atomic mass is 16.6. The lowest BCUT2D eigenvalue weighted by molar-refractivity contribution is -0.520. The molecule has 0 fully saturated rings. The van der Waals surface area contributed by atoms with Crippen LogP contribution in [0, 0.1) is 10.1 Å². The molecule has 0 N–H and O–H groups in total. The maximum absolute atomic E-state index is 10.5. The third kappa shape index (κ3) is 3.32. The van der Waals surface area contributed by atoms with Crippen molar-refractivity contribution >= 4 is 0 Å². The zero-order valence-electron chi connectivity index (χ0n) is 8.92. The van der Waals surface area contributed by atoms with E-state index in [2.05, 4.69) is 0 Å². The minimum absolute atomic E-state index is 0.202. The maximum Gasteiger partial charge on any atom is 0.213 e. The second-order valence-electron chi connectivity index (χ2n) is 3.51. The van der Waals surface area contributed by atoms with Gasteiger partial charge < -0.3 is 4.74 Å². The van der Waals surface area contributed by atoms with Crippen molar-refractivity contribution in [3.05, 3.63) is 46.0 Å². The van der Waals surface area contributed by atoms with Crippen LogP contribution in [0.1, 0.15) is 25.0 Å². The Labute approximate surface area is 89.0 Å². The van der Waals surface area contributed by atoms with Crippen LogP contribution in [-0.2, 0) is 4.74 Å². The highest BCUT2D eigenvalue weighted by molar-refractivity contribution is 5.17. The zero-order valence-corrected chi connectivity index (χ0v) is 8.92. The highest BCUT2D eigenvalue weighted by Crippen LogP contribution is 2.22. The maximum atomic E-state index is 10.5. The molecule has 82 valence electrons. The Hall–Kier alpha value is -1.42. The first kappa shape index (κ1) is 11.7. The van der Waals surface area contributed by atoms with E-state index in [0.717, 1.165) is 5.56 Å². The van der Waals surface area contributed by atoms with Crippen molar-refractivity contribution in [2.75, 3.05) is 7.11 Å². The summed E-state index contributed by atoms with van der Waals surface area (Å²) in [5.41, 5.74) is 0.980. The molecule has 15 heavy (non-hydrogen) atoms. The topological polar surface area (TPSA) is 52.4 Å². The normalized spacial score (nSPS) is 14.5. The highest BCUT2D eigenvalue weighted by Gasteiger charge is 2.21. The fourth-order valence-electron chi connectivity index (χ4n) is 1.43. The number of methoxy groups -OCH3 is 1. The molecule has 0 aliphatic heterocycles. The van der Waals surface area contributed by atoms with Crippen LogP contribution in [-0.4, -0.2) is 18.1 Å². The molecule has 0 aromatic heterocycles. The molecule has 0 radical (unpaired) electrons. The van der Waals surface area contributed by atoms with Crippen LogP contribution < -0.4 is 0 Å². The number of rotatable bonds is 5. The fourth-order valence-corrected chi connectivity index (χ4v) is 1.43. The number of benzene rings is 1. The second kappa shape index (κ2) is 5.46. The number of nitro groups is 1. The van der Waals surface area contributed by atoms with Gasteiger partial charge in [0.15, 0.2) is 0 Å². The average Bonchev–Trinajstić information content (AvgIpc) is 2.26. The molecule has 4 heteroatoms. The Morgan fingerprint density at radius 1 is 1.40 bits per heavy atom. The second-order valence-corrected chi connectivity index (χ2v) is 3.51. The average molecular weight is 209 g/mol. The quantitative estimate of drug-likeness (QED) is 0.552. The van der Waals surface area contributed by atoms with Gasteiger partial charge in [0.25, 0.3) is 0 Å². The smallest absolute Gasteiger partial charge is 0.213 e. The van der Waals surface area contributed by atoms with Gasteiger partial charge in [0.2, 0.25) is 6.04 Å². The third-order valence-corrected chi connectivity index (χ3v) is 2.37. The van der Waals surface area contributed by atoms with Crippen LogP contribution in [0.15, 0.2) is 30.3 Å². The summed E-state index contributed by atoms with van der Waals surface area (Å²) >= 11 is 0. The monoisotopic (exact) mass is 209 g/mol. The van der Waals surface area contributed by atoms with Crippen LogP contribution in [0.25, 0.3) is 0 Å². The van der Waals surface area contributed by atoms with Crippen LogP contribution in [0.5, 0.6) is 0 Å². The van der Waals surface area contributed by atoms with Gasteiger partial charge in [0.05, 0.1) is 6.10 Å². The number of ether oxygens (including phenoxy) is 1. The van der Waals surface area contributed by atoms with E-state index >= 15 is 0 Å². The van der Waals surface area contributed by atoms with Crippen molar-refractivity contribution in [2.24, 2.45) is 0 Å². The molecule has 0 aliphatic rings. The summed E-state index contributed by atoms with van der Waals surface area (Å²) in [6, 6.07) is 8.96. The van der Waals surface area contributed by atoms with Crippen LogP contribution >= 0.6 is 0 Å². The molecule has 4 nitrogen and oxygen atoms in total. The van der Waals surface area contributed by atoms with Gasteiger partial charge in [0.1, 0.15) is 0 Å². The number of hydrogen-bond donors (Lipinski definition) is 0. The van der Waals surface area contributed by atoms with E-state index in [0.29, 0.717) is 6.42 Å². The molecule has 1 aromatic carbocycles. The lowest BCUT2D eigenvalue weighted by Crippen LogP contribution is -2.19. The van der Waals surface area contributed by atoms with E-state index in [9.17, 15) is 10.1 Å². The zero-order chi connectivity index (χ0) is 11.3. The summed E-state index contributed by atoms with van der Waals surface area (Å²) in [5, 5.41) is 10.5. The lowest BCUT2D eigenvalue weighted by Gasteiger charge is -2.16. The van der Waals surface area contributed by atoms with E-state index in [-0.39, 0.29) is 11.0 Å². The standard InChI is InChI=1S/C11H15NO3/c1-9(12(13)14)8-11(15-2)10-6-4-3-5-7-10/h3-7,9,11H,8H2,1-2H3/t9-,11-/m0/s1. The fraction of sp³-hybridized carbons (Fsp3) is 0.455. The van der Waals surface area contributed by atoms with E-state index in [1.165, 1.54) is 0 Å². The molecule has 1 aromatic rings. The van der Waals surface area contributed by atoms with Crippen molar-refractivity contribution in [1.82, 2.24) is 0 Å². The molecule has 0 amide bonds. The Bertz CT molecular complexity index is 313. The minimum Gasteiger partial charge on any atom is -0.376 e. The first-order chi connectivity index (χ1) is 7.15. The van der Waals surface area contributed by atoms with Gasteiger partial charge in [-0.05, 0) is 5.56 Å². The van der Waals surface area contributed by atoms with E-state index in [4.69, 9.17) is 4.74 Å². The molecule has 0 saturated heterocycles. The molecule has 2 atom stereocenters. The Kier molecular flexibility index (Phi) is 4.24. The predicted molar refractivity (Wildman–Crippen MR) is 57.3 cm³/mol. The van der Waals surface area contributed by atoms with Gasteiger partial charge >= 0.3 is 0 Å². The predicted octanol–water partition coefficient (Wildman–Crippen LogP) is 2.43. The van der Waals surface area contributed by atoms with Crippen molar-refractivity contribution in [3.63, 3.8) is 0 Å².